The predicted molar refractivity (Wildman–Crippen MR) is 75.5 cm³/mol. The summed E-state index contributed by atoms with van der Waals surface area (Å²) in [6.07, 6.45) is 4.66. The van der Waals surface area contributed by atoms with E-state index in [1.54, 1.807) is 6.08 Å². The zero-order chi connectivity index (χ0) is 13.5. The summed E-state index contributed by atoms with van der Waals surface area (Å²) in [5.74, 6) is 0.0881. The van der Waals surface area contributed by atoms with E-state index in [0.29, 0.717) is 6.04 Å². The Morgan fingerprint density at radius 3 is 2.39 bits per heavy atom. The number of nitrogens with zero attached hydrogens (tertiary/aromatic N) is 1. The molecule has 0 atom stereocenters. The molecule has 0 aliphatic carbocycles. The number of hydrogen-bond donors (Lipinski definition) is 1. The minimum absolute atomic E-state index is 0.0881. The van der Waals surface area contributed by atoms with Crippen molar-refractivity contribution in [1.29, 1.82) is 0 Å². The van der Waals surface area contributed by atoms with Crippen molar-refractivity contribution in [2.75, 3.05) is 19.8 Å². The summed E-state index contributed by atoms with van der Waals surface area (Å²) >= 11 is 0. The second-order valence-electron chi connectivity index (χ2n) is 4.61. The molecule has 0 bridgehead atoms. The van der Waals surface area contributed by atoms with E-state index in [-0.39, 0.29) is 5.76 Å². The fraction of sp³-hybridized carbons (Fsp3) is 0.600. The fourth-order valence-corrected chi connectivity index (χ4v) is 2.35. The van der Waals surface area contributed by atoms with Crippen molar-refractivity contribution in [3.63, 3.8) is 0 Å². The van der Waals surface area contributed by atoms with Crippen LogP contribution in [0.25, 0.3) is 0 Å². The van der Waals surface area contributed by atoms with Crippen molar-refractivity contribution in [3.8, 4) is 0 Å². The topological polar surface area (TPSA) is 32.7 Å². The zero-order valence-electron chi connectivity index (χ0n) is 11.6. The van der Waals surface area contributed by atoms with E-state index >= 15 is 0 Å². The van der Waals surface area contributed by atoms with Gasteiger partial charge in [-0.05, 0) is 31.8 Å². The molecule has 1 rings (SSSR count). The van der Waals surface area contributed by atoms with Gasteiger partial charge in [0.1, 0.15) is 5.76 Å². The van der Waals surface area contributed by atoms with Crippen LogP contribution in [0.5, 0.6) is 0 Å². The average Bonchev–Trinajstić information content (AvgIpc) is 2.38. The van der Waals surface area contributed by atoms with Gasteiger partial charge in [0, 0.05) is 37.6 Å². The van der Waals surface area contributed by atoms with Gasteiger partial charge in [-0.15, -0.1) is 0 Å². The first-order valence-electron chi connectivity index (χ1n) is 6.72. The summed E-state index contributed by atoms with van der Waals surface area (Å²) in [7, 11) is 0. The predicted octanol–water partition coefficient (Wildman–Crippen LogP) is 3.41. The number of allylic oxidation sites excluding steroid dienone is 2. The van der Waals surface area contributed by atoms with Gasteiger partial charge in [-0.1, -0.05) is 20.1 Å². The molecule has 0 aromatic heterocycles. The molecule has 3 heteroatoms. The molecule has 3 nitrogen and oxygen atoms in total. The Labute approximate surface area is 110 Å². The van der Waals surface area contributed by atoms with Gasteiger partial charge in [-0.3, -0.25) is 0 Å². The van der Waals surface area contributed by atoms with E-state index in [0.717, 1.165) is 50.3 Å². The van der Waals surface area contributed by atoms with Crippen LogP contribution in [0.15, 0.2) is 36.3 Å². The fourth-order valence-electron chi connectivity index (χ4n) is 2.35. The van der Waals surface area contributed by atoms with Gasteiger partial charge in [0.05, 0.1) is 0 Å². The van der Waals surface area contributed by atoms with Crippen molar-refractivity contribution >= 4 is 0 Å². The molecule has 1 heterocycles. The molecule has 102 valence electrons. The lowest BCUT2D eigenvalue weighted by Gasteiger charge is -2.37. The molecule has 0 saturated carbocycles. The molecule has 0 spiro atoms. The smallest absolute Gasteiger partial charge is 0.110 e. The van der Waals surface area contributed by atoms with Crippen LogP contribution in [0.4, 0.5) is 0 Å². The Morgan fingerprint density at radius 2 is 1.94 bits per heavy atom. The molecular weight excluding hydrogens is 226 g/mol. The number of likely N-dealkylation sites (N-methyl/N-ethyl adjacent to an activating group) is 1. The van der Waals surface area contributed by atoms with Gasteiger partial charge < -0.3 is 14.7 Å². The van der Waals surface area contributed by atoms with E-state index in [1.807, 2.05) is 0 Å². The molecule has 1 saturated heterocycles. The minimum atomic E-state index is 0.0881. The van der Waals surface area contributed by atoms with Crippen LogP contribution in [-0.4, -0.2) is 35.8 Å². The highest BCUT2D eigenvalue weighted by atomic mass is 16.5. The van der Waals surface area contributed by atoms with Gasteiger partial charge >= 0.3 is 0 Å². The van der Waals surface area contributed by atoms with E-state index in [1.165, 1.54) is 0 Å². The number of hydrogen-bond acceptors (Lipinski definition) is 3. The monoisotopic (exact) mass is 251 g/mol. The average molecular weight is 251 g/mol. The first kappa shape index (κ1) is 14.8. The molecule has 0 radical (unpaired) electrons. The third-order valence-corrected chi connectivity index (χ3v) is 3.37. The molecule has 18 heavy (non-hydrogen) atoms. The highest BCUT2D eigenvalue weighted by Gasteiger charge is 2.23. The van der Waals surface area contributed by atoms with Crippen LogP contribution >= 0.6 is 0 Å². The first-order chi connectivity index (χ1) is 8.60. The molecule has 0 aromatic carbocycles. The Bertz CT molecular complexity index is 327. The molecule has 1 aliphatic rings. The largest absolute Gasteiger partial charge is 0.509 e. The number of ether oxygens (including phenoxy) is 1. The lowest BCUT2D eigenvalue weighted by atomic mass is 10.0. The maximum atomic E-state index is 9.45. The van der Waals surface area contributed by atoms with Gasteiger partial charge in [0.25, 0.3) is 0 Å². The van der Waals surface area contributed by atoms with Crippen molar-refractivity contribution in [2.45, 2.75) is 39.2 Å². The van der Waals surface area contributed by atoms with Crippen LogP contribution in [-0.2, 0) is 4.74 Å². The summed E-state index contributed by atoms with van der Waals surface area (Å²) in [5, 5.41) is 9.45. The van der Waals surface area contributed by atoms with Crippen LogP contribution in [0.3, 0.4) is 0 Å². The van der Waals surface area contributed by atoms with Crippen molar-refractivity contribution in [3.05, 3.63) is 36.3 Å². The summed E-state index contributed by atoms with van der Waals surface area (Å²) in [5.41, 5.74) is 2.05. The Hall–Kier alpha value is -1.22. The van der Waals surface area contributed by atoms with Crippen LogP contribution < -0.4 is 0 Å². The van der Waals surface area contributed by atoms with Crippen molar-refractivity contribution in [2.24, 2.45) is 0 Å². The molecule has 0 amide bonds. The van der Waals surface area contributed by atoms with E-state index in [4.69, 9.17) is 4.74 Å². The van der Waals surface area contributed by atoms with Crippen molar-refractivity contribution in [1.82, 2.24) is 4.90 Å². The number of aliphatic hydroxyl groups excluding tert-OH is 1. The van der Waals surface area contributed by atoms with Gasteiger partial charge in [0.2, 0.25) is 0 Å². The molecule has 1 aliphatic heterocycles. The second kappa shape index (κ2) is 7.27. The quantitative estimate of drug-likeness (QED) is 0.580. The van der Waals surface area contributed by atoms with E-state index in [9.17, 15) is 5.11 Å². The van der Waals surface area contributed by atoms with Crippen LogP contribution in [0, 0.1) is 0 Å². The summed E-state index contributed by atoms with van der Waals surface area (Å²) in [4.78, 5) is 2.32. The number of rotatable bonds is 6. The second-order valence-corrected chi connectivity index (χ2v) is 4.61. The lowest BCUT2D eigenvalue weighted by molar-refractivity contribution is 0.0476. The number of aliphatic hydroxyl groups is 1. The molecule has 1 N–H and O–H groups in total. The SMILES string of the molecule is C=C(O)/C=C(\C(=C)CC)N(CC)C1CCOCC1. The molecule has 0 unspecified atom stereocenters. The highest BCUT2D eigenvalue weighted by molar-refractivity contribution is 5.32. The summed E-state index contributed by atoms with van der Waals surface area (Å²) in [6.45, 7) is 14.4. The van der Waals surface area contributed by atoms with Crippen molar-refractivity contribution < 1.29 is 9.84 Å². The Kier molecular flexibility index (Phi) is 5.99. The maximum Gasteiger partial charge on any atom is 0.110 e. The Morgan fingerprint density at radius 1 is 1.33 bits per heavy atom. The van der Waals surface area contributed by atoms with Crippen LogP contribution in [0.2, 0.25) is 0 Å². The zero-order valence-corrected chi connectivity index (χ0v) is 11.6. The summed E-state index contributed by atoms with van der Waals surface area (Å²) < 4.78 is 5.41. The summed E-state index contributed by atoms with van der Waals surface area (Å²) in [6, 6.07) is 0.470. The van der Waals surface area contributed by atoms with E-state index in [2.05, 4.69) is 31.9 Å². The standard InChI is InChI=1S/C15H25NO2/c1-5-12(3)15(11-13(4)17)16(6-2)14-7-9-18-10-8-14/h11,14,17H,3-10H2,1-2H3/b15-11+. The molecular formula is C15H25NO2. The van der Waals surface area contributed by atoms with Crippen LogP contribution in [0.1, 0.15) is 33.1 Å². The lowest BCUT2D eigenvalue weighted by Crippen LogP contribution is -2.39. The maximum absolute atomic E-state index is 9.45. The van der Waals surface area contributed by atoms with Gasteiger partial charge in [0.15, 0.2) is 0 Å². The first-order valence-corrected chi connectivity index (χ1v) is 6.72. The molecule has 1 fully saturated rings. The third kappa shape index (κ3) is 3.91. The third-order valence-electron chi connectivity index (χ3n) is 3.37. The van der Waals surface area contributed by atoms with Gasteiger partial charge in [-0.2, -0.15) is 0 Å². The molecule has 0 aromatic rings. The van der Waals surface area contributed by atoms with E-state index < -0.39 is 0 Å². The Balaban J connectivity index is 2.92. The minimum Gasteiger partial charge on any atom is -0.509 e. The normalized spacial score (nSPS) is 17.6. The van der Waals surface area contributed by atoms with Gasteiger partial charge in [-0.25, -0.2) is 0 Å². The highest BCUT2D eigenvalue weighted by Crippen LogP contribution is 2.25.